The lowest BCUT2D eigenvalue weighted by Crippen LogP contribution is -2.53. The molecule has 2 aromatic rings. The number of ether oxygens (including phenoxy) is 1. The summed E-state index contributed by atoms with van der Waals surface area (Å²) in [5.74, 6) is 0.730. The van der Waals surface area contributed by atoms with Gasteiger partial charge in [0.1, 0.15) is 5.82 Å². The number of nitrogens with zero attached hydrogens (tertiary/aromatic N) is 4. The molecular formula is C22H31FIN5OS. The third kappa shape index (κ3) is 6.30. The van der Waals surface area contributed by atoms with Crippen LogP contribution in [0.1, 0.15) is 11.6 Å². The maximum atomic E-state index is 13.5. The zero-order valence-corrected chi connectivity index (χ0v) is 21.0. The maximum Gasteiger partial charge on any atom is 0.193 e. The summed E-state index contributed by atoms with van der Waals surface area (Å²) < 4.78 is 19.0. The summed E-state index contributed by atoms with van der Waals surface area (Å²) in [7, 11) is 1.84. The Morgan fingerprint density at radius 3 is 2.42 bits per heavy atom. The van der Waals surface area contributed by atoms with E-state index in [9.17, 15) is 4.39 Å². The molecule has 3 heterocycles. The number of hydrogen-bond donors (Lipinski definition) is 1. The van der Waals surface area contributed by atoms with E-state index in [2.05, 4.69) is 42.5 Å². The van der Waals surface area contributed by atoms with Gasteiger partial charge in [0, 0.05) is 52.9 Å². The molecule has 31 heavy (non-hydrogen) atoms. The summed E-state index contributed by atoms with van der Waals surface area (Å²) in [5, 5.41) is 7.05. The van der Waals surface area contributed by atoms with Crippen LogP contribution in [-0.4, -0.2) is 81.8 Å². The molecule has 1 aromatic heterocycles. The molecule has 0 aliphatic carbocycles. The topological polar surface area (TPSA) is 43.3 Å². The van der Waals surface area contributed by atoms with Gasteiger partial charge in [-0.1, -0.05) is 12.1 Å². The zero-order chi connectivity index (χ0) is 20.8. The van der Waals surface area contributed by atoms with E-state index >= 15 is 0 Å². The lowest BCUT2D eigenvalue weighted by Gasteiger charge is -2.39. The van der Waals surface area contributed by atoms with Crippen molar-refractivity contribution in [1.82, 2.24) is 15.1 Å². The Bertz CT molecular complexity index is 806. The minimum absolute atomic E-state index is 0. The number of morpholine rings is 1. The number of rotatable bonds is 5. The van der Waals surface area contributed by atoms with Gasteiger partial charge in [0.05, 0.1) is 24.3 Å². The number of hydrogen-bond acceptors (Lipinski definition) is 5. The molecule has 0 spiro atoms. The number of halogens is 2. The predicted octanol–water partition coefficient (Wildman–Crippen LogP) is 3.28. The third-order valence-electron chi connectivity index (χ3n) is 5.80. The van der Waals surface area contributed by atoms with Crippen LogP contribution in [-0.2, 0) is 4.74 Å². The van der Waals surface area contributed by atoms with Crippen molar-refractivity contribution in [3.05, 3.63) is 53.2 Å². The van der Waals surface area contributed by atoms with Gasteiger partial charge in [0.2, 0.25) is 0 Å². The van der Waals surface area contributed by atoms with E-state index in [1.165, 1.54) is 5.00 Å². The molecule has 2 fully saturated rings. The standard InChI is InChI=1S/C22H30FN5OS.HI/c1-24-22(28-10-8-27(9-11-28)21-3-2-16-30-21)25-17-20(26-12-14-29-15-13-26)18-4-6-19(23)7-5-18;/h2-7,16,20H,8-15,17H2,1H3,(H,24,25);1H. The Balaban J connectivity index is 0.00000272. The average molecular weight is 559 g/mol. The van der Waals surface area contributed by atoms with Gasteiger partial charge in [-0.05, 0) is 35.2 Å². The van der Waals surface area contributed by atoms with Crippen molar-refractivity contribution in [3.8, 4) is 0 Å². The van der Waals surface area contributed by atoms with E-state index in [4.69, 9.17) is 4.74 Å². The summed E-state index contributed by atoms with van der Waals surface area (Å²) in [4.78, 5) is 11.7. The number of benzene rings is 1. The van der Waals surface area contributed by atoms with Crippen LogP contribution in [0.3, 0.4) is 0 Å². The molecule has 170 valence electrons. The predicted molar refractivity (Wildman–Crippen MR) is 136 cm³/mol. The van der Waals surface area contributed by atoms with Crippen LogP contribution in [0.4, 0.5) is 9.39 Å². The molecule has 0 bridgehead atoms. The summed E-state index contributed by atoms with van der Waals surface area (Å²) in [5.41, 5.74) is 1.11. The smallest absolute Gasteiger partial charge is 0.193 e. The van der Waals surface area contributed by atoms with Gasteiger partial charge in [-0.25, -0.2) is 4.39 Å². The quantitative estimate of drug-likeness (QED) is 0.346. The van der Waals surface area contributed by atoms with Crippen molar-refractivity contribution in [1.29, 1.82) is 0 Å². The number of thiophene rings is 1. The molecule has 0 saturated carbocycles. The fourth-order valence-corrected chi connectivity index (χ4v) is 4.93. The number of anilines is 1. The second-order valence-corrected chi connectivity index (χ2v) is 8.50. The van der Waals surface area contributed by atoms with Crippen LogP contribution in [0.25, 0.3) is 0 Å². The molecule has 6 nitrogen and oxygen atoms in total. The van der Waals surface area contributed by atoms with Crippen LogP contribution in [0.15, 0.2) is 46.8 Å². The highest BCUT2D eigenvalue weighted by molar-refractivity contribution is 14.0. The van der Waals surface area contributed by atoms with Crippen LogP contribution in [0, 0.1) is 5.82 Å². The van der Waals surface area contributed by atoms with Crippen molar-refractivity contribution < 1.29 is 9.13 Å². The minimum atomic E-state index is -0.202. The maximum absolute atomic E-state index is 13.5. The first kappa shape index (κ1) is 24.2. The normalized spacial score (nSPS) is 19.1. The summed E-state index contributed by atoms with van der Waals surface area (Å²) in [6, 6.07) is 11.3. The third-order valence-corrected chi connectivity index (χ3v) is 6.73. The van der Waals surface area contributed by atoms with Gasteiger partial charge in [-0.15, -0.1) is 35.3 Å². The van der Waals surface area contributed by atoms with E-state index < -0.39 is 0 Å². The van der Waals surface area contributed by atoms with Gasteiger partial charge < -0.3 is 19.9 Å². The van der Waals surface area contributed by atoms with Crippen molar-refractivity contribution in [2.24, 2.45) is 4.99 Å². The molecule has 2 aliphatic rings. The number of piperazine rings is 1. The summed E-state index contributed by atoms with van der Waals surface area (Å²) in [6.45, 7) is 7.81. The highest BCUT2D eigenvalue weighted by Gasteiger charge is 2.25. The Morgan fingerprint density at radius 1 is 1.10 bits per heavy atom. The average Bonchev–Trinajstić information content (AvgIpc) is 3.34. The van der Waals surface area contributed by atoms with Crippen LogP contribution in [0.5, 0.6) is 0 Å². The lowest BCUT2D eigenvalue weighted by molar-refractivity contribution is 0.0168. The Hall–Kier alpha value is -1.43. The summed E-state index contributed by atoms with van der Waals surface area (Å²) in [6.07, 6.45) is 0. The molecule has 1 N–H and O–H groups in total. The van der Waals surface area contributed by atoms with Crippen molar-refractivity contribution in [3.63, 3.8) is 0 Å². The van der Waals surface area contributed by atoms with E-state index in [1.54, 1.807) is 23.5 Å². The van der Waals surface area contributed by atoms with Crippen LogP contribution < -0.4 is 10.2 Å². The fraction of sp³-hybridized carbons (Fsp3) is 0.500. The Morgan fingerprint density at radius 2 is 1.81 bits per heavy atom. The van der Waals surface area contributed by atoms with Gasteiger partial charge in [-0.2, -0.15) is 0 Å². The number of nitrogens with one attached hydrogen (secondary N) is 1. The molecule has 2 aliphatic heterocycles. The highest BCUT2D eigenvalue weighted by atomic mass is 127. The number of guanidine groups is 1. The van der Waals surface area contributed by atoms with E-state index in [0.717, 1.165) is 70.6 Å². The molecule has 0 radical (unpaired) electrons. The van der Waals surface area contributed by atoms with E-state index in [0.29, 0.717) is 0 Å². The minimum Gasteiger partial charge on any atom is -0.379 e. The van der Waals surface area contributed by atoms with Crippen LogP contribution in [0.2, 0.25) is 0 Å². The largest absolute Gasteiger partial charge is 0.379 e. The second-order valence-electron chi connectivity index (χ2n) is 7.57. The van der Waals surface area contributed by atoms with Gasteiger partial charge in [-0.3, -0.25) is 9.89 Å². The molecular weight excluding hydrogens is 528 g/mol. The van der Waals surface area contributed by atoms with Crippen LogP contribution >= 0.6 is 35.3 Å². The van der Waals surface area contributed by atoms with Crippen molar-refractivity contribution in [2.45, 2.75) is 6.04 Å². The van der Waals surface area contributed by atoms with Crippen molar-refractivity contribution in [2.75, 3.05) is 71.0 Å². The van der Waals surface area contributed by atoms with Crippen molar-refractivity contribution >= 4 is 46.3 Å². The monoisotopic (exact) mass is 559 g/mol. The second kappa shape index (κ2) is 12.0. The van der Waals surface area contributed by atoms with Gasteiger partial charge >= 0.3 is 0 Å². The molecule has 1 aromatic carbocycles. The highest BCUT2D eigenvalue weighted by Crippen LogP contribution is 2.23. The first-order valence-corrected chi connectivity index (χ1v) is 11.4. The van der Waals surface area contributed by atoms with E-state index in [1.807, 2.05) is 19.2 Å². The first-order chi connectivity index (χ1) is 14.7. The Kier molecular flexibility index (Phi) is 9.36. The van der Waals surface area contributed by atoms with E-state index in [-0.39, 0.29) is 35.8 Å². The molecule has 1 atom stereocenters. The fourth-order valence-electron chi connectivity index (χ4n) is 4.14. The Labute approximate surface area is 205 Å². The summed E-state index contributed by atoms with van der Waals surface area (Å²) >= 11 is 1.79. The number of aliphatic imine (C=N–C) groups is 1. The molecule has 2 saturated heterocycles. The molecule has 0 amide bonds. The molecule has 1 unspecified atom stereocenters. The zero-order valence-electron chi connectivity index (χ0n) is 17.9. The lowest BCUT2D eigenvalue weighted by atomic mass is 10.0. The SMILES string of the molecule is CN=C(NCC(c1ccc(F)cc1)N1CCOCC1)N1CCN(c2cccs2)CC1.I. The first-order valence-electron chi connectivity index (χ1n) is 10.6. The molecule has 9 heteroatoms. The van der Waals surface area contributed by atoms with Gasteiger partial charge in [0.15, 0.2) is 5.96 Å². The van der Waals surface area contributed by atoms with Gasteiger partial charge in [0.25, 0.3) is 0 Å². The molecule has 4 rings (SSSR count).